The molecule has 0 amide bonds. The Morgan fingerprint density at radius 1 is 1.27 bits per heavy atom. The standard InChI is InChI=1S/C13H23NO/c1-4-5-6-7-8-13(15)12(10-14)9-11(2)3/h11-12H,4-9H2,1-3H3. The number of hydrogen-bond donors (Lipinski definition) is 0. The molecule has 0 aromatic rings. The first kappa shape index (κ1) is 14.2. The maximum absolute atomic E-state index is 11.7. The highest BCUT2D eigenvalue weighted by atomic mass is 16.1. The van der Waals surface area contributed by atoms with Gasteiger partial charge in [0.25, 0.3) is 0 Å². The van der Waals surface area contributed by atoms with Crippen molar-refractivity contribution in [1.82, 2.24) is 0 Å². The minimum Gasteiger partial charge on any atom is -0.298 e. The van der Waals surface area contributed by atoms with Gasteiger partial charge in [0.2, 0.25) is 0 Å². The van der Waals surface area contributed by atoms with Gasteiger partial charge in [0.1, 0.15) is 11.7 Å². The van der Waals surface area contributed by atoms with Gasteiger partial charge in [0.15, 0.2) is 0 Å². The molecule has 0 N–H and O–H groups in total. The molecule has 86 valence electrons. The Balaban J connectivity index is 3.80. The zero-order valence-electron chi connectivity index (χ0n) is 10.3. The Labute approximate surface area is 93.7 Å². The number of unbranched alkanes of at least 4 members (excludes halogenated alkanes) is 3. The summed E-state index contributed by atoms with van der Waals surface area (Å²) in [4.78, 5) is 11.7. The monoisotopic (exact) mass is 209 g/mol. The molecule has 1 atom stereocenters. The maximum Gasteiger partial charge on any atom is 0.150 e. The molecule has 0 aromatic heterocycles. The van der Waals surface area contributed by atoms with Crippen molar-refractivity contribution in [3.05, 3.63) is 0 Å². The van der Waals surface area contributed by atoms with Crippen molar-refractivity contribution in [2.75, 3.05) is 0 Å². The highest BCUT2D eigenvalue weighted by Gasteiger charge is 2.18. The van der Waals surface area contributed by atoms with E-state index < -0.39 is 0 Å². The van der Waals surface area contributed by atoms with Crippen molar-refractivity contribution < 1.29 is 4.79 Å². The fourth-order valence-corrected chi connectivity index (χ4v) is 1.63. The second-order valence-electron chi connectivity index (χ2n) is 4.59. The Morgan fingerprint density at radius 2 is 1.93 bits per heavy atom. The average Bonchev–Trinajstić information content (AvgIpc) is 2.20. The number of Topliss-reactive ketones (excluding diaryl/α,β-unsaturated/α-hetero) is 1. The minimum absolute atomic E-state index is 0.141. The van der Waals surface area contributed by atoms with Crippen LogP contribution in [0.2, 0.25) is 0 Å². The van der Waals surface area contributed by atoms with Crippen LogP contribution in [0.15, 0.2) is 0 Å². The van der Waals surface area contributed by atoms with Gasteiger partial charge in [-0.05, 0) is 18.8 Å². The van der Waals surface area contributed by atoms with Crippen LogP contribution in [-0.2, 0) is 4.79 Å². The zero-order chi connectivity index (χ0) is 11.7. The molecule has 0 aliphatic rings. The number of ketones is 1. The predicted octanol–water partition coefficient (Wildman–Crippen LogP) is 3.71. The number of carbonyl (C=O) groups is 1. The van der Waals surface area contributed by atoms with Gasteiger partial charge in [-0.3, -0.25) is 4.79 Å². The molecule has 15 heavy (non-hydrogen) atoms. The van der Waals surface area contributed by atoms with E-state index >= 15 is 0 Å². The molecular formula is C13H23NO. The average molecular weight is 209 g/mol. The van der Waals surface area contributed by atoms with E-state index in [4.69, 9.17) is 5.26 Å². The van der Waals surface area contributed by atoms with Crippen molar-refractivity contribution >= 4 is 5.78 Å². The summed E-state index contributed by atoms with van der Waals surface area (Å²) in [6, 6.07) is 2.12. The van der Waals surface area contributed by atoms with Crippen molar-refractivity contribution in [3.8, 4) is 6.07 Å². The second-order valence-corrected chi connectivity index (χ2v) is 4.59. The summed E-state index contributed by atoms with van der Waals surface area (Å²) in [5.74, 6) is 0.197. The lowest BCUT2D eigenvalue weighted by molar-refractivity contribution is -0.121. The Hall–Kier alpha value is -0.840. The lowest BCUT2D eigenvalue weighted by atomic mass is 9.92. The number of rotatable bonds is 8. The van der Waals surface area contributed by atoms with Gasteiger partial charge in [-0.25, -0.2) is 0 Å². The molecule has 0 radical (unpaired) electrons. The molecule has 0 rings (SSSR count). The maximum atomic E-state index is 11.7. The molecule has 0 saturated carbocycles. The predicted molar refractivity (Wildman–Crippen MR) is 62.3 cm³/mol. The number of nitriles is 1. The zero-order valence-corrected chi connectivity index (χ0v) is 10.3. The molecule has 0 aliphatic carbocycles. The number of carbonyl (C=O) groups excluding carboxylic acids is 1. The van der Waals surface area contributed by atoms with Gasteiger partial charge in [-0.2, -0.15) is 5.26 Å². The van der Waals surface area contributed by atoms with Gasteiger partial charge in [0.05, 0.1) is 6.07 Å². The fourth-order valence-electron chi connectivity index (χ4n) is 1.63. The lowest BCUT2D eigenvalue weighted by Gasteiger charge is -2.10. The van der Waals surface area contributed by atoms with Gasteiger partial charge < -0.3 is 0 Å². The third-order valence-electron chi connectivity index (χ3n) is 2.53. The molecular weight excluding hydrogens is 186 g/mol. The van der Waals surface area contributed by atoms with E-state index in [0.29, 0.717) is 18.8 Å². The molecule has 0 saturated heterocycles. The Morgan fingerprint density at radius 3 is 2.40 bits per heavy atom. The van der Waals surface area contributed by atoms with E-state index in [-0.39, 0.29) is 11.7 Å². The quantitative estimate of drug-likeness (QED) is 0.572. The Bertz CT molecular complexity index is 215. The molecule has 0 aliphatic heterocycles. The first-order chi connectivity index (χ1) is 7.11. The highest BCUT2D eigenvalue weighted by Crippen LogP contribution is 2.15. The lowest BCUT2D eigenvalue weighted by Crippen LogP contribution is -2.14. The van der Waals surface area contributed by atoms with E-state index in [9.17, 15) is 4.79 Å². The van der Waals surface area contributed by atoms with E-state index in [1.807, 2.05) is 0 Å². The Kier molecular flexibility index (Phi) is 7.99. The molecule has 0 heterocycles. The van der Waals surface area contributed by atoms with E-state index in [1.54, 1.807) is 0 Å². The largest absolute Gasteiger partial charge is 0.298 e. The minimum atomic E-state index is -0.369. The van der Waals surface area contributed by atoms with Crippen LogP contribution >= 0.6 is 0 Å². The van der Waals surface area contributed by atoms with Gasteiger partial charge in [0, 0.05) is 6.42 Å². The summed E-state index contributed by atoms with van der Waals surface area (Å²) in [5, 5.41) is 8.88. The third-order valence-corrected chi connectivity index (χ3v) is 2.53. The van der Waals surface area contributed by atoms with Crippen LogP contribution in [0.4, 0.5) is 0 Å². The SMILES string of the molecule is CCCCCCC(=O)C(C#N)CC(C)C. The summed E-state index contributed by atoms with van der Waals surface area (Å²) in [6.07, 6.45) is 5.73. The van der Waals surface area contributed by atoms with Crippen LogP contribution in [0.1, 0.15) is 59.3 Å². The molecule has 0 fully saturated rings. The van der Waals surface area contributed by atoms with Crippen LogP contribution < -0.4 is 0 Å². The summed E-state index contributed by atoms with van der Waals surface area (Å²) in [6.45, 7) is 6.25. The molecule has 0 spiro atoms. The number of nitrogens with zero attached hydrogens (tertiary/aromatic N) is 1. The van der Waals surface area contributed by atoms with E-state index in [0.717, 1.165) is 12.8 Å². The van der Waals surface area contributed by atoms with Crippen molar-refractivity contribution in [3.63, 3.8) is 0 Å². The molecule has 1 unspecified atom stereocenters. The molecule has 0 aromatic carbocycles. The van der Waals surface area contributed by atoms with Crippen LogP contribution in [0.3, 0.4) is 0 Å². The smallest absolute Gasteiger partial charge is 0.150 e. The molecule has 2 nitrogen and oxygen atoms in total. The molecule has 2 heteroatoms. The number of hydrogen-bond acceptors (Lipinski definition) is 2. The second kappa shape index (κ2) is 8.47. The van der Waals surface area contributed by atoms with Crippen LogP contribution in [0, 0.1) is 23.2 Å². The third kappa shape index (κ3) is 7.13. The first-order valence-electron chi connectivity index (χ1n) is 6.04. The van der Waals surface area contributed by atoms with E-state index in [1.165, 1.54) is 12.8 Å². The summed E-state index contributed by atoms with van der Waals surface area (Å²) in [5.41, 5.74) is 0. The highest BCUT2D eigenvalue weighted by molar-refractivity contribution is 5.83. The normalized spacial score (nSPS) is 12.5. The van der Waals surface area contributed by atoms with Crippen LogP contribution in [0.5, 0.6) is 0 Å². The topological polar surface area (TPSA) is 40.9 Å². The van der Waals surface area contributed by atoms with Crippen LogP contribution in [-0.4, -0.2) is 5.78 Å². The van der Waals surface area contributed by atoms with Crippen LogP contribution in [0.25, 0.3) is 0 Å². The van der Waals surface area contributed by atoms with Crippen molar-refractivity contribution in [1.29, 1.82) is 5.26 Å². The van der Waals surface area contributed by atoms with Gasteiger partial charge >= 0.3 is 0 Å². The van der Waals surface area contributed by atoms with Gasteiger partial charge in [-0.1, -0.05) is 40.0 Å². The van der Waals surface area contributed by atoms with E-state index in [2.05, 4.69) is 26.8 Å². The summed E-state index contributed by atoms with van der Waals surface area (Å²) in [7, 11) is 0. The first-order valence-corrected chi connectivity index (χ1v) is 6.04. The fraction of sp³-hybridized carbons (Fsp3) is 0.846. The van der Waals surface area contributed by atoms with Gasteiger partial charge in [-0.15, -0.1) is 0 Å². The summed E-state index contributed by atoms with van der Waals surface area (Å²) >= 11 is 0. The molecule has 0 bridgehead atoms. The summed E-state index contributed by atoms with van der Waals surface area (Å²) < 4.78 is 0. The van der Waals surface area contributed by atoms with Crippen molar-refractivity contribution in [2.45, 2.75) is 59.3 Å². The van der Waals surface area contributed by atoms with Crippen molar-refractivity contribution in [2.24, 2.45) is 11.8 Å².